The average Bonchev–Trinajstić information content (AvgIpc) is 2.53. The molecular formula is C10H12OS2. The summed E-state index contributed by atoms with van der Waals surface area (Å²) in [5.74, 6) is 0.999. The summed E-state index contributed by atoms with van der Waals surface area (Å²) in [7, 11) is 0. The number of rotatable bonds is 4. The van der Waals surface area contributed by atoms with Gasteiger partial charge in [0.2, 0.25) is 0 Å². The third kappa shape index (κ3) is 3.36. The van der Waals surface area contributed by atoms with E-state index in [1.807, 2.05) is 17.5 Å². The first-order valence-electron chi connectivity index (χ1n) is 4.11. The SMILES string of the molecule is CC(=O)c1cc(C=CCCS)cs1. The molecule has 0 saturated carbocycles. The number of carbonyl (C=O) groups excluding carboxylic acids is 1. The zero-order chi connectivity index (χ0) is 9.68. The van der Waals surface area contributed by atoms with Crippen LogP contribution in [-0.4, -0.2) is 11.5 Å². The number of thiol groups is 1. The van der Waals surface area contributed by atoms with Crippen molar-refractivity contribution < 1.29 is 4.79 Å². The Labute approximate surface area is 87.9 Å². The molecule has 1 rings (SSSR count). The minimum Gasteiger partial charge on any atom is -0.294 e. The van der Waals surface area contributed by atoms with Gasteiger partial charge in [-0.2, -0.15) is 12.6 Å². The largest absolute Gasteiger partial charge is 0.294 e. The van der Waals surface area contributed by atoms with E-state index in [9.17, 15) is 4.79 Å². The van der Waals surface area contributed by atoms with Crippen molar-refractivity contribution in [2.45, 2.75) is 13.3 Å². The van der Waals surface area contributed by atoms with Crippen LogP contribution in [0.2, 0.25) is 0 Å². The van der Waals surface area contributed by atoms with Crippen molar-refractivity contribution in [2.24, 2.45) is 0 Å². The highest BCUT2D eigenvalue weighted by molar-refractivity contribution is 7.80. The Kier molecular flexibility index (Phi) is 4.25. The molecule has 0 spiro atoms. The lowest BCUT2D eigenvalue weighted by molar-refractivity contribution is 0.102. The highest BCUT2D eigenvalue weighted by atomic mass is 32.1. The molecule has 13 heavy (non-hydrogen) atoms. The van der Waals surface area contributed by atoms with Crippen molar-refractivity contribution in [3.05, 3.63) is 28.0 Å². The van der Waals surface area contributed by atoms with E-state index in [4.69, 9.17) is 0 Å². The fourth-order valence-corrected chi connectivity index (χ4v) is 1.85. The smallest absolute Gasteiger partial charge is 0.169 e. The summed E-state index contributed by atoms with van der Waals surface area (Å²) in [6.45, 7) is 1.59. The number of hydrogen-bond acceptors (Lipinski definition) is 3. The quantitative estimate of drug-likeness (QED) is 0.598. The maximum atomic E-state index is 11.0. The van der Waals surface area contributed by atoms with Crippen LogP contribution in [0.4, 0.5) is 0 Å². The van der Waals surface area contributed by atoms with E-state index in [-0.39, 0.29) is 5.78 Å². The second-order valence-electron chi connectivity index (χ2n) is 2.72. The average molecular weight is 212 g/mol. The Balaban J connectivity index is 2.64. The molecular weight excluding hydrogens is 200 g/mol. The molecule has 0 saturated heterocycles. The maximum Gasteiger partial charge on any atom is 0.169 e. The van der Waals surface area contributed by atoms with Gasteiger partial charge in [0, 0.05) is 0 Å². The third-order valence-electron chi connectivity index (χ3n) is 1.57. The molecule has 0 aromatic carbocycles. The molecule has 0 radical (unpaired) electrons. The van der Waals surface area contributed by atoms with Gasteiger partial charge < -0.3 is 0 Å². The Morgan fingerprint density at radius 2 is 2.46 bits per heavy atom. The minimum atomic E-state index is 0.138. The summed E-state index contributed by atoms with van der Waals surface area (Å²) in [6.07, 6.45) is 5.06. The van der Waals surface area contributed by atoms with Gasteiger partial charge in [0.15, 0.2) is 5.78 Å². The van der Waals surface area contributed by atoms with E-state index in [1.165, 1.54) is 11.3 Å². The molecule has 70 valence electrons. The predicted molar refractivity (Wildman–Crippen MR) is 61.8 cm³/mol. The summed E-state index contributed by atoms with van der Waals surface area (Å²) in [5, 5.41) is 1.99. The summed E-state index contributed by atoms with van der Waals surface area (Å²) in [4.78, 5) is 11.8. The number of hydrogen-bond donors (Lipinski definition) is 1. The second kappa shape index (κ2) is 5.25. The van der Waals surface area contributed by atoms with Gasteiger partial charge in [-0.3, -0.25) is 4.79 Å². The van der Waals surface area contributed by atoms with E-state index in [0.717, 1.165) is 22.6 Å². The van der Waals surface area contributed by atoms with Crippen LogP contribution in [-0.2, 0) is 0 Å². The standard InChI is InChI=1S/C10H12OS2/c1-8(11)10-6-9(7-13-10)4-2-3-5-12/h2,4,6-7,12H,3,5H2,1H3. The predicted octanol–water partition coefficient (Wildman–Crippen LogP) is 3.28. The molecule has 0 aliphatic heterocycles. The van der Waals surface area contributed by atoms with Crippen LogP contribution in [0.3, 0.4) is 0 Å². The third-order valence-corrected chi connectivity index (χ3v) is 2.88. The van der Waals surface area contributed by atoms with E-state index >= 15 is 0 Å². The minimum absolute atomic E-state index is 0.138. The van der Waals surface area contributed by atoms with Gasteiger partial charge in [0.1, 0.15) is 0 Å². The number of Topliss-reactive ketones (excluding diaryl/α,β-unsaturated/α-hetero) is 1. The Bertz CT molecular complexity index is 312. The highest BCUT2D eigenvalue weighted by Gasteiger charge is 2.00. The van der Waals surface area contributed by atoms with Crippen LogP contribution in [0.1, 0.15) is 28.6 Å². The Hall–Kier alpha value is -0.540. The van der Waals surface area contributed by atoms with E-state index in [2.05, 4.69) is 18.7 Å². The zero-order valence-electron chi connectivity index (χ0n) is 7.49. The molecule has 0 amide bonds. The molecule has 1 heterocycles. The molecule has 1 aromatic heterocycles. The van der Waals surface area contributed by atoms with Crippen LogP contribution in [0.5, 0.6) is 0 Å². The van der Waals surface area contributed by atoms with Crippen LogP contribution in [0.15, 0.2) is 17.5 Å². The Morgan fingerprint density at radius 3 is 3.00 bits per heavy atom. The van der Waals surface area contributed by atoms with E-state index < -0.39 is 0 Å². The molecule has 0 N–H and O–H groups in total. The number of thiophene rings is 1. The van der Waals surface area contributed by atoms with Crippen molar-refractivity contribution in [3.63, 3.8) is 0 Å². The van der Waals surface area contributed by atoms with Crippen LogP contribution in [0, 0.1) is 0 Å². The van der Waals surface area contributed by atoms with Gasteiger partial charge in [-0.05, 0) is 36.1 Å². The second-order valence-corrected chi connectivity index (χ2v) is 4.07. The topological polar surface area (TPSA) is 17.1 Å². The summed E-state index contributed by atoms with van der Waals surface area (Å²) in [6, 6.07) is 1.92. The lowest BCUT2D eigenvalue weighted by atomic mass is 10.2. The lowest BCUT2D eigenvalue weighted by Crippen LogP contribution is -1.83. The van der Waals surface area contributed by atoms with Gasteiger partial charge in [-0.25, -0.2) is 0 Å². The van der Waals surface area contributed by atoms with E-state index in [1.54, 1.807) is 6.92 Å². The van der Waals surface area contributed by atoms with Crippen molar-refractivity contribution >= 4 is 35.8 Å². The fraction of sp³-hybridized carbons (Fsp3) is 0.300. The van der Waals surface area contributed by atoms with Gasteiger partial charge in [0.05, 0.1) is 4.88 Å². The van der Waals surface area contributed by atoms with Gasteiger partial charge in [0.25, 0.3) is 0 Å². The van der Waals surface area contributed by atoms with Crippen molar-refractivity contribution in [1.29, 1.82) is 0 Å². The van der Waals surface area contributed by atoms with Crippen molar-refractivity contribution in [2.75, 3.05) is 5.75 Å². The van der Waals surface area contributed by atoms with E-state index in [0.29, 0.717) is 0 Å². The first-order valence-corrected chi connectivity index (χ1v) is 5.62. The molecule has 1 nitrogen and oxygen atoms in total. The van der Waals surface area contributed by atoms with Crippen LogP contribution in [0.25, 0.3) is 6.08 Å². The van der Waals surface area contributed by atoms with Gasteiger partial charge in [-0.15, -0.1) is 11.3 Å². The molecule has 0 aliphatic carbocycles. The van der Waals surface area contributed by atoms with Crippen molar-refractivity contribution in [3.8, 4) is 0 Å². The van der Waals surface area contributed by atoms with Crippen LogP contribution >= 0.6 is 24.0 Å². The lowest BCUT2D eigenvalue weighted by Gasteiger charge is -1.84. The number of allylic oxidation sites excluding steroid dienone is 1. The first kappa shape index (κ1) is 10.5. The molecule has 0 bridgehead atoms. The molecule has 3 heteroatoms. The monoisotopic (exact) mass is 212 g/mol. The zero-order valence-corrected chi connectivity index (χ0v) is 9.20. The summed E-state index contributed by atoms with van der Waals surface area (Å²) in [5.41, 5.74) is 1.11. The molecule has 0 aliphatic rings. The summed E-state index contributed by atoms with van der Waals surface area (Å²) >= 11 is 5.60. The van der Waals surface area contributed by atoms with Crippen molar-refractivity contribution in [1.82, 2.24) is 0 Å². The highest BCUT2D eigenvalue weighted by Crippen LogP contribution is 2.16. The summed E-state index contributed by atoms with van der Waals surface area (Å²) < 4.78 is 0. The van der Waals surface area contributed by atoms with Gasteiger partial charge in [-0.1, -0.05) is 12.2 Å². The van der Waals surface area contributed by atoms with Gasteiger partial charge >= 0.3 is 0 Å². The Morgan fingerprint density at radius 1 is 1.69 bits per heavy atom. The molecule has 0 unspecified atom stereocenters. The first-order chi connectivity index (χ1) is 6.24. The number of carbonyl (C=O) groups is 1. The molecule has 0 atom stereocenters. The molecule has 1 aromatic rings. The fourth-order valence-electron chi connectivity index (χ4n) is 0.917. The molecule has 0 fully saturated rings. The normalized spacial score (nSPS) is 10.9. The maximum absolute atomic E-state index is 11.0. The van der Waals surface area contributed by atoms with Crippen LogP contribution < -0.4 is 0 Å². The number of ketones is 1.